The predicted molar refractivity (Wildman–Crippen MR) is 107 cm³/mol. The summed E-state index contributed by atoms with van der Waals surface area (Å²) in [6, 6.07) is 12.3. The highest BCUT2D eigenvalue weighted by molar-refractivity contribution is 5.87. The van der Waals surface area contributed by atoms with Gasteiger partial charge in [-0.3, -0.25) is 9.69 Å². The number of fused-ring (bicyclic) bond motifs is 1. The number of benzene rings is 1. The number of likely N-dealkylation sites (N-methyl/N-ethyl adjacent to an activating group) is 1. The van der Waals surface area contributed by atoms with Gasteiger partial charge in [0.15, 0.2) is 0 Å². The average Bonchev–Trinajstić information content (AvgIpc) is 3.14. The van der Waals surface area contributed by atoms with E-state index in [0.29, 0.717) is 6.54 Å². The zero-order valence-electron chi connectivity index (χ0n) is 16.5. The van der Waals surface area contributed by atoms with Crippen molar-refractivity contribution < 1.29 is 9.21 Å². The Morgan fingerprint density at radius 2 is 1.96 bits per heavy atom. The van der Waals surface area contributed by atoms with Crippen LogP contribution in [0, 0.1) is 13.8 Å². The number of para-hydroxylation sites is 1. The Balaban J connectivity index is 1.80. The van der Waals surface area contributed by atoms with E-state index in [1.807, 2.05) is 62.8 Å². The van der Waals surface area contributed by atoms with Crippen molar-refractivity contribution in [3.63, 3.8) is 0 Å². The van der Waals surface area contributed by atoms with Crippen LogP contribution in [-0.4, -0.2) is 36.0 Å². The summed E-state index contributed by atoms with van der Waals surface area (Å²) in [5, 5.41) is 4.71. The lowest BCUT2D eigenvalue weighted by Crippen LogP contribution is -2.30. The first kappa shape index (κ1) is 19.2. The molecular weight excluding hydrogens is 340 g/mol. The number of primary amides is 1. The van der Waals surface area contributed by atoms with Crippen molar-refractivity contribution in [2.45, 2.75) is 33.0 Å². The van der Waals surface area contributed by atoms with Crippen molar-refractivity contribution in [1.82, 2.24) is 14.8 Å². The first-order valence-corrected chi connectivity index (χ1v) is 9.17. The molecule has 27 heavy (non-hydrogen) atoms. The van der Waals surface area contributed by atoms with Gasteiger partial charge in [0, 0.05) is 29.7 Å². The summed E-state index contributed by atoms with van der Waals surface area (Å²) in [6.07, 6.45) is 0. The number of aryl methyl sites for hydroxylation is 1. The van der Waals surface area contributed by atoms with Crippen LogP contribution in [0.4, 0.5) is 0 Å². The fraction of sp³-hybridized carbons (Fsp3) is 0.381. The molecule has 0 bridgehead atoms. The van der Waals surface area contributed by atoms with Crippen LogP contribution < -0.4 is 11.1 Å². The highest BCUT2D eigenvalue weighted by Crippen LogP contribution is 2.26. The molecule has 0 aliphatic rings. The van der Waals surface area contributed by atoms with Crippen LogP contribution in [0.5, 0.6) is 0 Å². The Bertz CT molecular complexity index is 939. The summed E-state index contributed by atoms with van der Waals surface area (Å²) < 4.78 is 7.81. The topological polar surface area (TPSA) is 76.4 Å². The number of aromatic nitrogens is 1. The van der Waals surface area contributed by atoms with E-state index in [-0.39, 0.29) is 18.5 Å². The fourth-order valence-electron chi connectivity index (χ4n) is 3.59. The lowest BCUT2D eigenvalue weighted by molar-refractivity contribution is -0.118. The largest absolute Gasteiger partial charge is 0.465 e. The highest BCUT2D eigenvalue weighted by Gasteiger charge is 2.19. The van der Waals surface area contributed by atoms with Gasteiger partial charge in [0.2, 0.25) is 5.91 Å². The molecule has 0 spiro atoms. The molecule has 0 radical (unpaired) electrons. The molecule has 1 atom stereocenters. The summed E-state index contributed by atoms with van der Waals surface area (Å²) in [4.78, 5) is 13.6. The maximum Gasteiger partial charge on any atom is 0.237 e. The van der Waals surface area contributed by atoms with Crippen LogP contribution in [-0.2, 0) is 17.9 Å². The summed E-state index contributed by atoms with van der Waals surface area (Å²) in [7, 11) is 4.10. The van der Waals surface area contributed by atoms with E-state index in [1.165, 1.54) is 5.56 Å². The quantitative estimate of drug-likeness (QED) is 0.641. The molecule has 3 N–H and O–H groups in total. The number of hydrogen-bond acceptors (Lipinski definition) is 4. The highest BCUT2D eigenvalue weighted by atomic mass is 16.3. The third-order valence-electron chi connectivity index (χ3n) is 5.03. The first-order valence-electron chi connectivity index (χ1n) is 9.17. The molecule has 0 fully saturated rings. The number of nitrogens with two attached hydrogens (primary N) is 1. The summed E-state index contributed by atoms with van der Waals surface area (Å²) in [6.45, 7) is 5.66. The number of amides is 1. The number of rotatable bonds is 8. The molecule has 1 aromatic carbocycles. The van der Waals surface area contributed by atoms with Crippen LogP contribution in [0.2, 0.25) is 0 Å². The van der Waals surface area contributed by atoms with E-state index >= 15 is 0 Å². The Labute approximate surface area is 159 Å². The lowest BCUT2D eigenvalue weighted by atomic mass is 10.1. The minimum absolute atomic E-state index is 0.151. The Morgan fingerprint density at radius 3 is 2.59 bits per heavy atom. The predicted octanol–water partition coefficient (Wildman–Crippen LogP) is 2.73. The average molecular weight is 368 g/mol. The van der Waals surface area contributed by atoms with E-state index in [0.717, 1.165) is 34.7 Å². The molecule has 0 aliphatic heterocycles. The van der Waals surface area contributed by atoms with Gasteiger partial charge in [-0.2, -0.15) is 0 Å². The summed E-state index contributed by atoms with van der Waals surface area (Å²) in [5.74, 6) is 1.54. The van der Waals surface area contributed by atoms with Crippen molar-refractivity contribution >= 4 is 16.8 Å². The number of furan rings is 1. The van der Waals surface area contributed by atoms with E-state index < -0.39 is 0 Å². The zero-order chi connectivity index (χ0) is 19.6. The van der Waals surface area contributed by atoms with Gasteiger partial charge in [-0.1, -0.05) is 18.2 Å². The Morgan fingerprint density at radius 1 is 1.22 bits per heavy atom. The maximum absolute atomic E-state index is 11.5. The number of nitrogens with one attached hydrogen (secondary N) is 1. The van der Waals surface area contributed by atoms with Crippen LogP contribution in [0.1, 0.15) is 28.8 Å². The minimum atomic E-state index is -0.334. The molecule has 2 aromatic heterocycles. The molecule has 0 saturated heterocycles. The van der Waals surface area contributed by atoms with Gasteiger partial charge in [0.05, 0.1) is 6.04 Å². The second-order valence-corrected chi connectivity index (χ2v) is 7.19. The fourth-order valence-corrected chi connectivity index (χ4v) is 3.59. The van der Waals surface area contributed by atoms with E-state index in [4.69, 9.17) is 10.2 Å². The maximum atomic E-state index is 11.5. The number of carbonyl (C=O) groups excluding carboxylic acids is 1. The molecule has 2 heterocycles. The van der Waals surface area contributed by atoms with Gasteiger partial charge >= 0.3 is 0 Å². The standard InChI is InChI=1S/C21H28N4O2/c1-14-9-10-20(27-14)19(24(3)4)12-23-11-17-15(2)25(13-21(22)26)18-8-6-5-7-16(17)18/h5-10,19,23H,11-13H2,1-4H3,(H2,22,26)/t19-/m1/s1. The van der Waals surface area contributed by atoms with Crippen molar-refractivity contribution in [2.24, 2.45) is 5.73 Å². The lowest BCUT2D eigenvalue weighted by Gasteiger charge is -2.23. The molecule has 6 heteroatoms. The molecule has 6 nitrogen and oxygen atoms in total. The number of carbonyl (C=O) groups is 1. The molecule has 1 amide bonds. The molecule has 0 aliphatic carbocycles. The normalized spacial score (nSPS) is 12.8. The van der Waals surface area contributed by atoms with Crippen molar-refractivity contribution in [3.05, 3.63) is 59.2 Å². The Kier molecular flexibility index (Phi) is 5.68. The van der Waals surface area contributed by atoms with Crippen LogP contribution in [0.25, 0.3) is 10.9 Å². The molecular formula is C21H28N4O2. The molecule has 0 saturated carbocycles. The van der Waals surface area contributed by atoms with Gasteiger partial charge in [-0.15, -0.1) is 0 Å². The number of hydrogen-bond donors (Lipinski definition) is 2. The Hall–Kier alpha value is -2.57. The smallest absolute Gasteiger partial charge is 0.237 e. The van der Waals surface area contributed by atoms with Crippen molar-refractivity contribution in [3.8, 4) is 0 Å². The molecule has 144 valence electrons. The van der Waals surface area contributed by atoms with Gasteiger partial charge in [0.25, 0.3) is 0 Å². The monoisotopic (exact) mass is 368 g/mol. The SMILES string of the molecule is Cc1ccc([C@@H](CNCc2c(C)n(CC(N)=O)c3ccccc23)N(C)C)o1. The molecule has 3 aromatic rings. The van der Waals surface area contributed by atoms with Gasteiger partial charge < -0.3 is 20.0 Å². The van der Waals surface area contributed by atoms with Crippen LogP contribution in [0.3, 0.4) is 0 Å². The van der Waals surface area contributed by atoms with Crippen LogP contribution >= 0.6 is 0 Å². The van der Waals surface area contributed by atoms with Gasteiger partial charge in [0.1, 0.15) is 18.1 Å². The van der Waals surface area contributed by atoms with E-state index in [9.17, 15) is 4.79 Å². The van der Waals surface area contributed by atoms with Gasteiger partial charge in [-0.05, 0) is 51.7 Å². The summed E-state index contributed by atoms with van der Waals surface area (Å²) in [5.41, 5.74) is 8.74. The van der Waals surface area contributed by atoms with E-state index in [1.54, 1.807) is 0 Å². The van der Waals surface area contributed by atoms with Crippen molar-refractivity contribution in [1.29, 1.82) is 0 Å². The van der Waals surface area contributed by atoms with E-state index in [2.05, 4.69) is 16.3 Å². The second kappa shape index (κ2) is 7.98. The van der Waals surface area contributed by atoms with Gasteiger partial charge in [-0.25, -0.2) is 0 Å². The molecule has 0 unspecified atom stereocenters. The molecule has 3 rings (SSSR count). The third-order valence-corrected chi connectivity index (χ3v) is 5.03. The minimum Gasteiger partial charge on any atom is -0.465 e. The van der Waals surface area contributed by atoms with Crippen LogP contribution in [0.15, 0.2) is 40.8 Å². The van der Waals surface area contributed by atoms with Crippen molar-refractivity contribution in [2.75, 3.05) is 20.6 Å². The second-order valence-electron chi connectivity index (χ2n) is 7.19. The number of nitrogens with zero attached hydrogens (tertiary/aromatic N) is 2. The zero-order valence-corrected chi connectivity index (χ0v) is 16.5. The third kappa shape index (κ3) is 4.07. The first-order chi connectivity index (χ1) is 12.9. The summed E-state index contributed by atoms with van der Waals surface area (Å²) >= 11 is 0.